The van der Waals surface area contributed by atoms with Crippen molar-refractivity contribution in [2.75, 3.05) is 39.3 Å². The van der Waals surface area contributed by atoms with Gasteiger partial charge in [-0.3, -0.25) is 14.9 Å². The van der Waals surface area contributed by atoms with Crippen LogP contribution < -0.4 is 10.1 Å². The molecule has 9 nitrogen and oxygen atoms in total. The first kappa shape index (κ1) is 30.1. The lowest BCUT2D eigenvalue weighted by molar-refractivity contribution is -0.141. The van der Waals surface area contributed by atoms with Crippen molar-refractivity contribution in [3.63, 3.8) is 0 Å². The van der Waals surface area contributed by atoms with E-state index >= 15 is 0 Å². The molecule has 1 atom stereocenters. The Kier molecular flexibility index (Phi) is 9.68. The average Bonchev–Trinajstić information content (AvgIpc) is 3.60. The molecule has 1 unspecified atom stereocenters. The molecule has 0 saturated carbocycles. The van der Waals surface area contributed by atoms with Crippen LogP contribution in [0.15, 0.2) is 42.7 Å². The summed E-state index contributed by atoms with van der Waals surface area (Å²) >= 11 is 0. The Morgan fingerprint density at radius 3 is 2.46 bits per heavy atom. The number of aromatic amines is 1. The summed E-state index contributed by atoms with van der Waals surface area (Å²) in [6, 6.07) is 10.4. The zero-order valence-corrected chi connectivity index (χ0v) is 25.3. The third kappa shape index (κ3) is 7.26. The number of hydrogen-bond acceptors (Lipinski definition) is 5. The van der Waals surface area contributed by atoms with Crippen LogP contribution in [0.5, 0.6) is 5.88 Å². The molecule has 1 aromatic carbocycles. The second kappa shape index (κ2) is 13.2. The molecule has 3 heterocycles. The topological polar surface area (TPSA) is 103 Å². The lowest BCUT2D eigenvalue weighted by Gasteiger charge is -2.30. The van der Waals surface area contributed by atoms with Crippen LogP contribution in [0.1, 0.15) is 62.3 Å². The highest BCUT2D eigenvalue weighted by atomic mass is 16.5. The summed E-state index contributed by atoms with van der Waals surface area (Å²) in [5.74, 6) is 0.848. The maximum atomic E-state index is 13.1. The van der Waals surface area contributed by atoms with Crippen molar-refractivity contribution in [2.24, 2.45) is 5.41 Å². The van der Waals surface area contributed by atoms with Gasteiger partial charge in [-0.1, -0.05) is 17.2 Å². The molecule has 4 rings (SSSR count). The molecule has 9 heteroatoms. The van der Waals surface area contributed by atoms with Gasteiger partial charge in [0.2, 0.25) is 11.8 Å². The number of nitrogens with one attached hydrogen (secondary N) is 2. The van der Waals surface area contributed by atoms with E-state index in [2.05, 4.69) is 52.5 Å². The number of rotatable bonds is 11. The standard InChI is InChI=1S/C32H44N6O3/c1-7-37(8-2)30(39)32(5,6)21-41-29-27(28(35-36-29)26-18-22(3)17-23(4)19-26)11-15-34-31(40)38-16-12-25(20-38)24-9-13-33-14-10-24/h9-10,13-14,17-19,25H,7-8,11-12,15-16,20-21H2,1-6H3,(H,34,40)(H,35,36). The molecule has 0 spiro atoms. The molecule has 1 aliphatic rings. The highest BCUT2D eigenvalue weighted by molar-refractivity contribution is 5.82. The SMILES string of the molecule is CCN(CC)C(=O)C(C)(C)COc1n[nH]c(-c2cc(C)cc(C)c2)c1CCNC(=O)N1CCC(c2ccncc2)C1. The van der Waals surface area contributed by atoms with Crippen LogP contribution in [0.3, 0.4) is 0 Å². The van der Waals surface area contributed by atoms with E-state index in [-0.39, 0.29) is 18.5 Å². The number of H-pyrrole nitrogens is 1. The maximum Gasteiger partial charge on any atom is 0.317 e. The number of carbonyl (C=O) groups is 2. The molecular formula is C32H44N6O3. The van der Waals surface area contributed by atoms with Gasteiger partial charge in [0.1, 0.15) is 6.61 Å². The van der Waals surface area contributed by atoms with Gasteiger partial charge in [-0.25, -0.2) is 4.79 Å². The molecule has 220 valence electrons. The van der Waals surface area contributed by atoms with Crippen molar-refractivity contribution in [1.29, 1.82) is 0 Å². The van der Waals surface area contributed by atoms with Gasteiger partial charge in [0.15, 0.2) is 0 Å². The number of benzene rings is 1. The number of aryl methyl sites for hydroxylation is 2. The third-order valence-corrected chi connectivity index (χ3v) is 7.84. The lowest BCUT2D eigenvalue weighted by atomic mass is 9.92. The second-order valence-electron chi connectivity index (χ2n) is 11.6. The smallest absolute Gasteiger partial charge is 0.317 e. The molecule has 0 radical (unpaired) electrons. The van der Waals surface area contributed by atoms with E-state index < -0.39 is 5.41 Å². The monoisotopic (exact) mass is 560 g/mol. The summed E-state index contributed by atoms with van der Waals surface area (Å²) in [5.41, 5.74) is 5.59. The number of carbonyl (C=O) groups excluding carboxylic acids is 2. The summed E-state index contributed by atoms with van der Waals surface area (Å²) in [7, 11) is 0. The van der Waals surface area contributed by atoms with E-state index in [1.807, 2.05) is 49.6 Å². The van der Waals surface area contributed by atoms with Crippen LogP contribution in [0.4, 0.5) is 4.79 Å². The highest BCUT2D eigenvalue weighted by Crippen LogP contribution is 2.32. The van der Waals surface area contributed by atoms with Gasteiger partial charge in [-0.15, -0.1) is 5.10 Å². The Morgan fingerprint density at radius 2 is 1.80 bits per heavy atom. The van der Waals surface area contributed by atoms with Crippen LogP contribution in [-0.2, 0) is 11.2 Å². The largest absolute Gasteiger partial charge is 0.475 e. The molecular weight excluding hydrogens is 516 g/mol. The van der Waals surface area contributed by atoms with Crippen molar-refractivity contribution in [1.82, 2.24) is 30.3 Å². The fraction of sp³-hybridized carbons (Fsp3) is 0.500. The molecule has 1 aliphatic heterocycles. The Morgan fingerprint density at radius 1 is 1.12 bits per heavy atom. The van der Waals surface area contributed by atoms with E-state index in [9.17, 15) is 9.59 Å². The summed E-state index contributed by atoms with van der Waals surface area (Å²) in [5, 5.41) is 10.8. The molecule has 41 heavy (non-hydrogen) atoms. The Bertz CT molecular complexity index is 1310. The van der Waals surface area contributed by atoms with Gasteiger partial charge in [0, 0.05) is 62.2 Å². The van der Waals surface area contributed by atoms with Crippen LogP contribution >= 0.6 is 0 Å². The number of nitrogens with zero attached hydrogens (tertiary/aromatic N) is 4. The van der Waals surface area contributed by atoms with Crippen LogP contribution in [0.2, 0.25) is 0 Å². The normalized spacial score (nSPS) is 15.2. The predicted octanol–water partition coefficient (Wildman–Crippen LogP) is 5.10. The molecule has 0 bridgehead atoms. The third-order valence-electron chi connectivity index (χ3n) is 7.84. The number of amides is 3. The summed E-state index contributed by atoms with van der Waals surface area (Å²) < 4.78 is 6.23. The van der Waals surface area contributed by atoms with Gasteiger partial charge in [-0.2, -0.15) is 0 Å². The molecule has 3 amide bonds. The van der Waals surface area contributed by atoms with E-state index in [1.165, 1.54) is 5.56 Å². The maximum absolute atomic E-state index is 13.1. The van der Waals surface area contributed by atoms with E-state index in [4.69, 9.17) is 4.74 Å². The van der Waals surface area contributed by atoms with Crippen molar-refractivity contribution < 1.29 is 14.3 Å². The number of aromatic nitrogens is 3. The lowest BCUT2D eigenvalue weighted by Crippen LogP contribution is -2.43. The minimum atomic E-state index is -0.711. The molecule has 2 N–H and O–H groups in total. The Hall–Kier alpha value is -3.88. The zero-order chi connectivity index (χ0) is 29.6. The predicted molar refractivity (Wildman–Crippen MR) is 161 cm³/mol. The van der Waals surface area contributed by atoms with Gasteiger partial charge in [-0.05, 0) is 84.2 Å². The number of ether oxygens (including phenoxy) is 1. The van der Waals surface area contributed by atoms with E-state index in [0.29, 0.717) is 44.4 Å². The number of hydrogen-bond donors (Lipinski definition) is 2. The number of likely N-dealkylation sites (tertiary alicyclic amines) is 1. The van der Waals surface area contributed by atoms with Gasteiger partial charge < -0.3 is 19.9 Å². The molecule has 1 fully saturated rings. The minimum Gasteiger partial charge on any atom is -0.475 e. The average molecular weight is 561 g/mol. The van der Waals surface area contributed by atoms with Crippen molar-refractivity contribution in [3.05, 3.63) is 65.0 Å². The molecule has 0 aliphatic carbocycles. The molecule has 3 aromatic rings. The first-order valence-corrected chi connectivity index (χ1v) is 14.6. The summed E-state index contributed by atoms with van der Waals surface area (Å²) in [6.07, 6.45) is 5.08. The van der Waals surface area contributed by atoms with Crippen molar-refractivity contribution in [2.45, 2.75) is 60.3 Å². The first-order chi connectivity index (χ1) is 19.6. The highest BCUT2D eigenvalue weighted by Gasteiger charge is 2.33. The van der Waals surface area contributed by atoms with Crippen LogP contribution in [-0.4, -0.2) is 76.3 Å². The first-order valence-electron chi connectivity index (χ1n) is 14.6. The zero-order valence-electron chi connectivity index (χ0n) is 25.3. The summed E-state index contributed by atoms with van der Waals surface area (Å²) in [4.78, 5) is 33.9. The fourth-order valence-corrected chi connectivity index (χ4v) is 5.57. The Balaban J connectivity index is 1.46. The number of urea groups is 1. The number of pyridine rings is 1. The minimum absolute atomic E-state index is 0.0528. The second-order valence-corrected chi connectivity index (χ2v) is 11.6. The van der Waals surface area contributed by atoms with E-state index in [1.54, 1.807) is 12.4 Å². The Labute approximate surface area is 243 Å². The fourth-order valence-electron chi connectivity index (χ4n) is 5.57. The van der Waals surface area contributed by atoms with Crippen LogP contribution in [0, 0.1) is 19.3 Å². The molecule has 2 aromatic heterocycles. The molecule has 1 saturated heterocycles. The van der Waals surface area contributed by atoms with Gasteiger partial charge in [0.25, 0.3) is 0 Å². The quantitative estimate of drug-likeness (QED) is 0.340. The van der Waals surface area contributed by atoms with Crippen LogP contribution in [0.25, 0.3) is 11.3 Å². The van der Waals surface area contributed by atoms with Gasteiger partial charge in [0.05, 0.1) is 11.1 Å². The van der Waals surface area contributed by atoms with Gasteiger partial charge >= 0.3 is 6.03 Å². The van der Waals surface area contributed by atoms with E-state index in [0.717, 1.165) is 40.9 Å². The van der Waals surface area contributed by atoms with Crippen molar-refractivity contribution >= 4 is 11.9 Å². The van der Waals surface area contributed by atoms with Crippen molar-refractivity contribution in [3.8, 4) is 17.1 Å². The summed E-state index contributed by atoms with van der Waals surface area (Å²) in [6.45, 7) is 15.3.